The molecular formula is C24H30N2O2. The number of likely N-dealkylation sites (tertiary alicyclic amines) is 1. The van der Waals surface area contributed by atoms with Gasteiger partial charge in [-0.15, -0.1) is 0 Å². The summed E-state index contributed by atoms with van der Waals surface area (Å²) in [4.78, 5) is 27.4. The molecule has 2 aromatic rings. The quantitative estimate of drug-likeness (QED) is 0.837. The summed E-state index contributed by atoms with van der Waals surface area (Å²) in [6.07, 6.45) is 2.29. The van der Waals surface area contributed by atoms with Crippen LogP contribution in [0.2, 0.25) is 0 Å². The van der Waals surface area contributed by atoms with Crippen LogP contribution in [0.25, 0.3) is 0 Å². The number of aryl methyl sites for hydroxylation is 2. The second kappa shape index (κ2) is 9.05. The van der Waals surface area contributed by atoms with E-state index in [-0.39, 0.29) is 23.8 Å². The molecular weight excluding hydrogens is 348 g/mol. The van der Waals surface area contributed by atoms with Gasteiger partial charge in [0.1, 0.15) is 0 Å². The van der Waals surface area contributed by atoms with Crippen molar-refractivity contribution in [3.8, 4) is 0 Å². The van der Waals surface area contributed by atoms with Gasteiger partial charge in [0.25, 0.3) is 5.91 Å². The first-order valence-electron chi connectivity index (χ1n) is 10.2. The van der Waals surface area contributed by atoms with Crippen LogP contribution in [-0.4, -0.2) is 29.8 Å². The third-order valence-electron chi connectivity index (χ3n) is 5.73. The molecule has 1 fully saturated rings. The zero-order valence-corrected chi connectivity index (χ0v) is 17.1. The molecule has 0 bridgehead atoms. The van der Waals surface area contributed by atoms with Crippen LogP contribution in [0.4, 0.5) is 0 Å². The molecule has 3 rings (SSSR count). The van der Waals surface area contributed by atoms with Gasteiger partial charge < -0.3 is 10.2 Å². The highest BCUT2D eigenvalue weighted by Crippen LogP contribution is 2.23. The second-order valence-corrected chi connectivity index (χ2v) is 7.76. The number of nitrogens with zero attached hydrogens (tertiary/aromatic N) is 1. The van der Waals surface area contributed by atoms with E-state index < -0.39 is 0 Å². The Balaban J connectivity index is 1.56. The maximum absolute atomic E-state index is 12.8. The summed E-state index contributed by atoms with van der Waals surface area (Å²) in [6, 6.07) is 16.1. The number of rotatable bonds is 5. The van der Waals surface area contributed by atoms with Crippen LogP contribution in [0.1, 0.15) is 59.3 Å². The highest BCUT2D eigenvalue weighted by Gasteiger charge is 2.29. The van der Waals surface area contributed by atoms with Gasteiger partial charge in [0.2, 0.25) is 5.91 Å². The average molecular weight is 379 g/mol. The van der Waals surface area contributed by atoms with Gasteiger partial charge in [0.05, 0.1) is 6.04 Å². The molecule has 1 heterocycles. The lowest BCUT2D eigenvalue weighted by Crippen LogP contribution is -2.43. The summed E-state index contributed by atoms with van der Waals surface area (Å²) < 4.78 is 0. The van der Waals surface area contributed by atoms with Crippen molar-refractivity contribution in [2.45, 2.75) is 46.1 Å². The molecule has 1 aliphatic heterocycles. The zero-order valence-electron chi connectivity index (χ0n) is 17.1. The molecule has 0 aliphatic carbocycles. The zero-order chi connectivity index (χ0) is 20.1. The minimum atomic E-state index is -0.0274. The van der Waals surface area contributed by atoms with Crippen molar-refractivity contribution in [2.24, 2.45) is 5.92 Å². The number of piperidine rings is 1. The fourth-order valence-corrected chi connectivity index (χ4v) is 3.84. The van der Waals surface area contributed by atoms with E-state index in [1.54, 1.807) is 0 Å². The molecule has 1 atom stereocenters. The highest BCUT2D eigenvalue weighted by atomic mass is 16.2. The van der Waals surface area contributed by atoms with Crippen molar-refractivity contribution in [2.75, 3.05) is 13.1 Å². The Kier molecular flexibility index (Phi) is 6.50. The molecule has 0 aromatic heterocycles. The molecule has 1 unspecified atom stereocenters. The maximum atomic E-state index is 12.8. The molecule has 4 heteroatoms. The molecule has 0 spiro atoms. The molecule has 0 radical (unpaired) electrons. The third-order valence-corrected chi connectivity index (χ3v) is 5.73. The van der Waals surface area contributed by atoms with Crippen LogP contribution in [0.3, 0.4) is 0 Å². The Morgan fingerprint density at radius 3 is 2.29 bits per heavy atom. The normalized spacial score (nSPS) is 15.9. The molecule has 148 valence electrons. The van der Waals surface area contributed by atoms with Crippen LogP contribution in [0.5, 0.6) is 0 Å². The predicted molar refractivity (Wildman–Crippen MR) is 112 cm³/mol. The van der Waals surface area contributed by atoms with Crippen molar-refractivity contribution in [3.63, 3.8) is 0 Å². The number of amides is 2. The van der Waals surface area contributed by atoms with Crippen LogP contribution in [-0.2, 0) is 4.79 Å². The number of carbonyl (C=O) groups excluding carboxylic acids is 2. The molecule has 4 nitrogen and oxygen atoms in total. The monoisotopic (exact) mass is 378 g/mol. The van der Waals surface area contributed by atoms with Crippen molar-refractivity contribution in [3.05, 3.63) is 70.8 Å². The topological polar surface area (TPSA) is 49.4 Å². The third kappa shape index (κ3) is 4.61. The first kappa shape index (κ1) is 20.1. The highest BCUT2D eigenvalue weighted by molar-refractivity contribution is 5.95. The van der Waals surface area contributed by atoms with Crippen molar-refractivity contribution in [1.29, 1.82) is 0 Å². The van der Waals surface area contributed by atoms with E-state index in [1.165, 1.54) is 5.56 Å². The number of carbonyl (C=O) groups is 2. The first-order chi connectivity index (χ1) is 13.5. The molecule has 1 aliphatic rings. The van der Waals surface area contributed by atoms with Gasteiger partial charge in [-0.2, -0.15) is 0 Å². The van der Waals surface area contributed by atoms with Crippen LogP contribution in [0.15, 0.2) is 48.5 Å². The summed E-state index contributed by atoms with van der Waals surface area (Å²) in [6.45, 7) is 7.38. The van der Waals surface area contributed by atoms with Crippen LogP contribution >= 0.6 is 0 Å². The van der Waals surface area contributed by atoms with Gasteiger partial charge in [0.15, 0.2) is 0 Å². The van der Waals surface area contributed by atoms with Crippen molar-refractivity contribution < 1.29 is 9.59 Å². The van der Waals surface area contributed by atoms with Crippen LogP contribution < -0.4 is 5.32 Å². The fraction of sp³-hybridized carbons (Fsp3) is 0.417. The molecule has 2 amide bonds. The summed E-state index contributed by atoms with van der Waals surface area (Å²) in [5, 5.41) is 3.21. The second-order valence-electron chi connectivity index (χ2n) is 7.76. The summed E-state index contributed by atoms with van der Waals surface area (Å²) in [5.74, 6) is 0.152. The summed E-state index contributed by atoms with van der Waals surface area (Å²) in [5.41, 5.74) is 4.12. The smallest absolute Gasteiger partial charge is 0.254 e. The first-order valence-corrected chi connectivity index (χ1v) is 10.2. The largest absolute Gasteiger partial charge is 0.349 e. The summed E-state index contributed by atoms with van der Waals surface area (Å²) in [7, 11) is 0. The lowest BCUT2D eigenvalue weighted by atomic mass is 9.94. The van der Waals surface area contributed by atoms with Gasteiger partial charge in [-0.05, 0) is 50.3 Å². The Morgan fingerprint density at radius 1 is 1.04 bits per heavy atom. The minimum Gasteiger partial charge on any atom is -0.349 e. The van der Waals surface area contributed by atoms with E-state index >= 15 is 0 Å². The minimum absolute atomic E-state index is 0.0274. The number of hydrogen-bond acceptors (Lipinski definition) is 2. The van der Waals surface area contributed by atoms with Crippen molar-refractivity contribution >= 4 is 11.8 Å². The van der Waals surface area contributed by atoms with Gasteiger partial charge in [-0.3, -0.25) is 9.59 Å². The van der Waals surface area contributed by atoms with Gasteiger partial charge in [0, 0.05) is 24.6 Å². The molecule has 28 heavy (non-hydrogen) atoms. The molecule has 0 saturated carbocycles. The lowest BCUT2D eigenvalue weighted by molar-refractivity contribution is -0.127. The fourth-order valence-electron chi connectivity index (χ4n) is 3.84. The lowest BCUT2D eigenvalue weighted by Gasteiger charge is -2.32. The van der Waals surface area contributed by atoms with E-state index in [2.05, 4.69) is 43.4 Å². The summed E-state index contributed by atoms with van der Waals surface area (Å²) >= 11 is 0. The SMILES string of the molecule is CCC(NC(=O)C1CCN(C(=O)c2ccccc2C)CC1)c1ccc(C)cc1. The molecule has 1 N–H and O–H groups in total. The maximum Gasteiger partial charge on any atom is 0.254 e. The Morgan fingerprint density at radius 2 is 1.68 bits per heavy atom. The van der Waals surface area contributed by atoms with Gasteiger partial charge >= 0.3 is 0 Å². The molecule has 1 saturated heterocycles. The number of benzene rings is 2. The number of nitrogens with one attached hydrogen (secondary N) is 1. The van der Waals surface area contributed by atoms with E-state index in [1.807, 2.05) is 36.1 Å². The van der Waals surface area contributed by atoms with Crippen molar-refractivity contribution in [1.82, 2.24) is 10.2 Å². The Bertz CT molecular complexity index is 821. The van der Waals surface area contributed by atoms with Gasteiger partial charge in [-0.1, -0.05) is 55.0 Å². The van der Waals surface area contributed by atoms with Crippen LogP contribution in [0, 0.1) is 19.8 Å². The van der Waals surface area contributed by atoms with E-state index in [4.69, 9.17) is 0 Å². The van der Waals surface area contributed by atoms with E-state index in [0.717, 1.165) is 23.1 Å². The van der Waals surface area contributed by atoms with Gasteiger partial charge in [-0.25, -0.2) is 0 Å². The number of hydrogen-bond donors (Lipinski definition) is 1. The average Bonchev–Trinajstić information content (AvgIpc) is 2.72. The molecule has 2 aromatic carbocycles. The Hall–Kier alpha value is -2.62. The Labute approximate surface area is 167 Å². The standard InChI is InChI=1S/C24H30N2O2/c1-4-22(19-11-9-17(2)10-12-19)25-23(27)20-13-15-26(16-14-20)24(28)21-8-6-5-7-18(21)3/h5-12,20,22H,4,13-16H2,1-3H3,(H,25,27). The van der Waals surface area contributed by atoms with E-state index in [9.17, 15) is 9.59 Å². The predicted octanol–water partition coefficient (Wildman–Crippen LogP) is 4.42. The van der Waals surface area contributed by atoms with E-state index in [0.29, 0.717) is 25.9 Å².